The fraction of sp³-hybridized carbons (Fsp3) is 0.421. The smallest absolute Gasteiger partial charge is 0.243 e. The molecule has 1 aromatic carbocycles. The van der Waals surface area contributed by atoms with E-state index in [-0.39, 0.29) is 30.5 Å². The summed E-state index contributed by atoms with van der Waals surface area (Å²) in [5, 5.41) is 0. The minimum atomic E-state index is -0.155. The summed E-state index contributed by atoms with van der Waals surface area (Å²) in [6, 6.07) is 7.63. The van der Waals surface area contributed by atoms with Crippen LogP contribution in [0.5, 0.6) is 0 Å². The first-order valence-corrected chi connectivity index (χ1v) is 8.87. The van der Waals surface area contributed by atoms with E-state index in [0.717, 1.165) is 23.5 Å². The summed E-state index contributed by atoms with van der Waals surface area (Å²) in [6.07, 6.45) is 5.26. The molecule has 0 radical (unpaired) electrons. The van der Waals surface area contributed by atoms with Crippen LogP contribution in [-0.4, -0.2) is 53.0 Å². The Morgan fingerprint density at radius 3 is 2.96 bits per heavy atom. The normalized spacial score (nSPS) is 22.6. The molecule has 3 heterocycles. The Hall–Kier alpha value is -2.67. The predicted octanol–water partition coefficient (Wildman–Crippen LogP) is 1.68. The molecule has 1 N–H and O–H groups in total. The number of para-hydroxylation sites is 1. The summed E-state index contributed by atoms with van der Waals surface area (Å²) in [6.45, 7) is 0.549. The van der Waals surface area contributed by atoms with Crippen LogP contribution < -0.4 is 4.90 Å². The highest BCUT2D eigenvalue weighted by Gasteiger charge is 2.39. The van der Waals surface area contributed by atoms with Crippen molar-refractivity contribution < 1.29 is 14.3 Å². The van der Waals surface area contributed by atoms with E-state index in [1.54, 1.807) is 29.3 Å². The van der Waals surface area contributed by atoms with Crippen molar-refractivity contribution in [2.24, 2.45) is 0 Å². The number of methoxy groups -OCH3 is 1. The Kier molecular flexibility index (Phi) is 4.46. The van der Waals surface area contributed by atoms with Crippen LogP contribution in [0.1, 0.15) is 30.3 Å². The number of imidazole rings is 1. The van der Waals surface area contributed by atoms with E-state index in [1.807, 2.05) is 24.3 Å². The topological polar surface area (TPSA) is 78.5 Å². The molecular weight excluding hydrogens is 332 g/mol. The molecule has 2 atom stereocenters. The van der Waals surface area contributed by atoms with Crippen molar-refractivity contribution in [3.63, 3.8) is 0 Å². The Balaban J connectivity index is 1.56. The number of hydrogen-bond acceptors (Lipinski definition) is 4. The van der Waals surface area contributed by atoms with Gasteiger partial charge < -0.3 is 19.5 Å². The lowest BCUT2D eigenvalue weighted by Gasteiger charge is -2.31. The number of rotatable bonds is 4. The minimum absolute atomic E-state index is 0.00547. The number of anilines is 1. The van der Waals surface area contributed by atoms with Crippen LogP contribution >= 0.6 is 0 Å². The summed E-state index contributed by atoms with van der Waals surface area (Å²) in [4.78, 5) is 36.3. The Labute approximate surface area is 152 Å². The van der Waals surface area contributed by atoms with Gasteiger partial charge in [-0.15, -0.1) is 0 Å². The number of aromatic nitrogens is 2. The van der Waals surface area contributed by atoms with E-state index < -0.39 is 0 Å². The van der Waals surface area contributed by atoms with E-state index in [1.165, 1.54) is 0 Å². The molecule has 1 fully saturated rings. The number of nitrogens with one attached hydrogen (secondary N) is 1. The summed E-state index contributed by atoms with van der Waals surface area (Å²) in [7, 11) is 1.66. The van der Waals surface area contributed by atoms with Gasteiger partial charge in [-0.25, -0.2) is 4.98 Å². The van der Waals surface area contributed by atoms with E-state index in [9.17, 15) is 9.59 Å². The van der Waals surface area contributed by atoms with Crippen molar-refractivity contribution >= 4 is 17.5 Å². The second kappa shape index (κ2) is 6.92. The summed E-state index contributed by atoms with van der Waals surface area (Å²) in [5.41, 5.74) is 1.95. The lowest BCUT2D eigenvalue weighted by Crippen LogP contribution is -2.45. The number of carbonyl (C=O) groups is 2. The predicted molar refractivity (Wildman–Crippen MR) is 95.6 cm³/mol. The maximum absolute atomic E-state index is 13.1. The molecule has 26 heavy (non-hydrogen) atoms. The van der Waals surface area contributed by atoms with Gasteiger partial charge in [-0.2, -0.15) is 0 Å². The van der Waals surface area contributed by atoms with Crippen molar-refractivity contribution in [3.05, 3.63) is 48.0 Å². The number of aryl methyl sites for hydroxylation is 1. The molecule has 7 nitrogen and oxygen atoms in total. The molecule has 2 amide bonds. The number of aromatic amines is 1. The number of amides is 2. The molecule has 0 saturated carbocycles. The molecule has 2 aromatic rings. The third-order valence-electron chi connectivity index (χ3n) is 5.24. The van der Waals surface area contributed by atoms with Gasteiger partial charge in [0, 0.05) is 44.6 Å². The average Bonchev–Trinajstić information content (AvgIpc) is 3.33. The van der Waals surface area contributed by atoms with Gasteiger partial charge in [0.05, 0.1) is 12.1 Å². The summed E-state index contributed by atoms with van der Waals surface area (Å²) in [5.74, 6) is 0.661. The number of fused-ring (bicyclic) bond motifs is 1. The van der Waals surface area contributed by atoms with E-state index >= 15 is 0 Å². The van der Waals surface area contributed by atoms with Gasteiger partial charge in [0.2, 0.25) is 11.8 Å². The largest absolute Gasteiger partial charge is 0.380 e. The van der Waals surface area contributed by atoms with Gasteiger partial charge in [0.1, 0.15) is 12.4 Å². The Morgan fingerprint density at radius 1 is 1.35 bits per heavy atom. The van der Waals surface area contributed by atoms with E-state index in [2.05, 4.69) is 9.97 Å². The highest BCUT2D eigenvalue weighted by Crippen LogP contribution is 2.33. The quantitative estimate of drug-likeness (QED) is 0.906. The zero-order valence-corrected chi connectivity index (χ0v) is 14.7. The molecule has 4 rings (SSSR count). The number of nitrogens with zero attached hydrogens (tertiary/aromatic N) is 3. The van der Waals surface area contributed by atoms with Crippen LogP contribution in [0.2, 0.25) is 0 Å². The number of ether oxygens (including phenoxy) is 1. The standard InChI is InChI=1S/C19H22N4O3/c1-26-14-10-16(19-20-8-9-21-19)22(11-14)18(25)12-23-15-5-3-2-4-13(15)6-7-17(23)24/h2-5,8-9,14,16H,6-7,10-12H2,1H3,(H,20,21)/t14-,16+/m1/s1. The van der Waals surface area contributed by atoms with Crippen LogP contribution in [-0.2, 0) is 20.7 Å². The van der Waals surface area contributed by atoms with Crippen molar-refractivity contribution in [2.45, 2.75) is 31.4 Å². The molecule has 2 aliphatic rings. The van der Waals surface area contributed by atoms with E-state index in [0.29, 0.717) is 19.4 Å². The third kappa shape index (κ3) is 2.99. The average molecular weight is 354 g/mol. The summed E-state index contributed by atoms with van der Waals surface area (Å²) < 4.78 is 5.47. The zero-order valence-electron chi connectivity index (χ0n) is 14.7. The molecule has 0 unspecified atom stereocenters. The van der Waals surface area contributed by atoms with Crippen molar-refractivity contribution in [2.75, 3.05) is 25.1 Å². The molecule has 0 bridgehead atoms. The molecule has 2 aliphatic heterocycles. The molecule has 0 spiro atoms. The van der Waals surface area contributed by atoms with Crippen molar-refractivity contribution in [1.29, 1.82) is 0 Å². The van der Waals surface area contributed by atoms with Crippen LogP contribution in [0, 0.1) is 0 Å². The van der Waals surface area contributed by atoms with Gasteiger partial charge in [-0.3, -0.25) is 9.59 Å². The number of benzene rings is 1. The molecule has 1 aromatic heterocycles. The van der Waals surface area contributed by atoms with Crippen molar-refractivity contribution in [3.8, 4) is 0 Å². The maximum atomic E-state index is 13.1. The number of H-pyrrole nitrogens is 1. The highest BCUT2D eigenvalue weighted by molar-refractivity contribution is 6.01. The molecule has 136 valence electrons. The fourth-order valence-corrected chi connectivity index (χ4v) is 3.86. The van der Waals surface area contributed by atoms with Gasteiger partial charge in [0.15, 0.2) is 0 Å². The first kappa shape index (κ1) is 16.8. The second-order valence-electron chi connectivity index (χ2n) is 6.74. The van der Waals surface area contributed by atoms with Crippen LogP contribution in [0.15, 0.2) is 36.7 Å². The fourth-order valence-electron chi connectivity index (χ4n) is 3.86. The third-order valence-corrected chi connectivity index (χ3v) is 5.24. The Bertz CT molecular complexity index is 805. The highest BCUT2D eigenvalue weighted by atomic mass is 16.5. The van der Waals surface area contributed by atoms with E-state index in [4.69, 9.17) is 4.74 Å². The molecule has 0 aliphatic carbocycles. The van der Waals surface area contributed by atoms with Crippen LogP contribution in [0.25, 0.3) is 0 Å². The first-order chi connectivity index (χ1) is 12.7. The second-order valence-corrected chi connectivity index (χ2v) is 6.74. The van der Waals surface area contributed by atoms with Crippen LogP contribution in [0.3, 0.4) is 0 Å². The van der Waals surface area contributed by atoms with Crippen LogP contribution in [0.4, 0.5) is 5.69 Å². The lowest BCUT2D eigenvalue weighted by molar-refractivity contribution is -0.132. The van der Waals surface area contributed by atoms with Crippen molar-refractivity contribution in [1.82, 2.24) is 14.9 Å². The Morgan fingerprint density at radius 2 is 2.19 bits per heavy atom. The van der Waals surface area contributed by atoms with Gasteiger partial charge in [-0.05, 0) is 18.1 Å². The van der Waals surface area contributed by atoms with Gasteiger partial charge in [0.25, 0.3) is 0 Å². The number of likely N-dealkylation sites (tertiary alicyclic amines) is 1. The van der Waals surface area contributed by atoms with Gasteiger partial charge in [-0.1, -0.05) is 18.2 Å². The minimum Gasteiger partial charge on any atom is -0.380 e. The summed E-state index contributed by atoms with van der Waals surface area (Å²) >= 11 is 0. The number of carbonyl (C=O) groups excluding carboxylic acids is 2. The molecule has 7 heteroatoms. The monoisotopic (exact) mass is 354 g/mol. The zero-order chi connectivity index (χ0) is 18.1. The first-order valence-electron chi connectivity index (χ1n) is 8.87. The van der Waals surface area contributed by atoms with Gasteiger partial charge >= 0.3 is 0 Å². The lowest BCUT2D eigenvalue weighted by atomic mass is 10.0. The molecular formula is C19H22N4O3. The maximum Gasteiger partial charge on any atom is 0.243 e. The molecule has 1 saturated heterocycles. The SMILES string of the molecule is CO[C@@H]1C[C@@H](c2ncc[nH]2)N(C(=O)CN2C(=O)CCc3ccccc32)C1. The number of hydrogen-bond donors (Lipinski definition) is 1.